The second-order valence-electron chi connectivity index (χ2n) is 4.29. The summed E-state index contributed by atoms with van der Waals surface area (Å²) in [6.07, 6.45) is 0. The van der Waals surface area contributed by atoms with Gasteiger partial charge in [0, 0.05) is 18.8 Å². The van der Waals surface area contributed by atoms with Crippen LogP contribution in [0.2, 0.25) is 5.02 Å². The molecular formula is C12H19ClN2O. The van der Waals surface area contributed by atoms with Crippen LogP contribution >= 0.6 is 11.6 Å². The second kappa shape index (κ2) is 5.41. The van der Waals surface area contributed by atoms with Gasteiger partial charge in [0.25, 0.3) is 0 Å². The molecule has 0 aliphatic heterocycles. The molecule has 0 saturated heterocycles. The number of hydrogen-bond donors (Lipinski definition) is 2. The van der Waals surface area contributed by atoms with E-state index < -0.39 is 0 Å². The smallest absolute Gasteiger partial charge is 0.0797 e. The first-order chi connectivity index (χ1) is 7.44. The molecule has 1 aromatic carbocycles. The highest BCUT2D eigenvalue weighted by Crippen LogP contribution is 2.24. The molecule has 0 heterocycles. The Bertz CT molecular complexity index is 353. The number of halogens is 1. The number of nitrogens with two attached hydrogens (primary N) is 1. The Balaban J connectivity index is 2.61. The fourth-order valence-electron chi connectivity index (χ4n) is 1.42. The number of rotatable bonds is 5. The van der Waals surface area contributed by atoms with Gasteiger partial charge in [0.1, 0.15) is 0 Å². The molecule has 1 aromatic rings. The lowest BCUT2D eigenvalue weighted by atomic mass is 10.1. The van der Waals surface area contributed by atoms with E-state index in [1.165, 1.54) is 0 Å². The molecule has 4 heteroatoms. The van der Waals surface area contributed by atoms with Crippen LogP contribution in [-0.4, -0.2) is 18.8 Å². The highest BCUT2D eigenvalue weighted by molar-refractivity contribution is 6.33. The van der Waals surface area contributed by atoms with Gasteiger partial charge in [-0.2, -0.15) is 0 Å². The van der Waals surface area contributed by atoms with Gasteiger partial charge in [-0.3, -0.25) is 0 Å². The van der Waals surface area contributed by atoms with Crippen molar-refractivity contribution in [1.82, 2.24) is 0 Å². The summed E-state index contributed by atoms with van der Waals surface area (Å²) in [5.74, 6) is 0. The molecule has 0 aromatic heterocycles. The summed E-state index contributed by atoms with van der Waals surface area (Å²) in [4.78, 5) is 0. The van der Waals surface area contributed by atoms with E-state index in [1.807, 2.05) is 32.9 Å². The Labute approximate surface area is 102 Å². The lowest BCUT2D eigenvalue weighted by molar-refractivity contribution is 0.000702. The summed E-state index contributed by atoms with van der Waals surface area (Å²) in [6.45, 7) is 7.45. The number of benzene rings is 1. The monoisotopic (exact) mass is 242 g/mol. The third-order valence-electron chi connectivity index (χ3n) is 2.23. The summed E-state index contributed by atoms with van der Waals surface area (Å²) in [6, 6.07) is 5.43. The maximum atomic E-state index is 6.05. The van der Waals surface area contributed by atoms with Crippen LogP contribution in [0.15, 0.2) is 18.2 Å². The van der Waals surface area contributed by atoms with Crippen molar-refractivity contribution < 1.29 is 4.74 Å². The maximum Gasteiger partial charge on any atom is 0.0797 e. The van der Waals surface area contributed by atoms with Crippen LogP contribution in [-0.2, 0) is 4.74 Å². The van der Waals surface area contributed by atoms with Gasteiger partial charge < -0.3 is 15.8 Å². The van der Waals surface area contributed by atoms with Gasteiger partial charge in [0.15, 0.2) is 0 Å². The van der Waals surface area contributed by atoms with Crippen LogP contribution < -0.4 is 11.1 Å². The van der Waals surface area contributed by atoms with E-state index in [4.69, 9.17) is 22.1 Å². The minimum absolute atomic E-state index is 0.209. The average Bonchev–Trinajstić information content (AvgIpc) is 2.16. The van der Waals surface area contributed by atoms with Crippen molar-refractivity contribution in [1.29, 1.82) is 0 Å². The predicted molar refractivity (Wildman–Crippen MR) is 70.1 cm³/mol. The largest absolute Gasteiger partial charge is 0.399 e. The molecule has 3 nitrogen and oxygen atoms in total. The Hall–Kier alpha value is -0.930. The highest BCUT2D eigenvalue weighted by Gasteiger charge is 2.17. The Morgan fingerprint density at radius 2 is 2.12 bits per heavy atom. The van der Waals surface area contributed by atoms with Crippen LogP contribution in [0.5, 0.6) is 0 Å². The summed E-state index contributed by atoms with van der Waals surface area (Å²) < 4.78 is 5.58. The molecule has 0 fully saturated rings. The highest BCUT2D eigenvalue weighted by atomic mass is 35.5. The SMILES string of the molecule is CCOC(C)(C)CNc1ccc(N)cc1Cl. The van der Waals surface area contributed by atoms with Crippen molar-refractivity contribution in [3.63, 3.8) is 0 Å². The molecule has 0 unspecified atom stereocenters. The summed E-state index contributed by atoms with van der Waals surface area (Å²) in [7, 11) is 0. The van der Waals surface area contributed by atoms with E-state index in [2.05, 4.69) is 5.32 Å². The Morgan fingerprint density at radius 3 is 2.69 bits per heavy atom. The van der Waals surface area contributed by atoms with Gasteiger partial charge in [-0.05, 0) is 39.0 Å². The lowest BCUT2D eigenvalue weighted by Crippen LogP contribution is -2.33. The van der Waals surface area contributed by atoms with Gasteiger partial charge in [0.05, 0.1) is 16.3 Å². The molecule has 0 amide bonds. The van der Waals surface area contributed by atoms with Crippen molar-refractivity contribution in [2.24, 2.45) is 0 Å². The zero-order valence-electron chi connectivity index (χ0n) is 10.0. The van der Waals surface area contributed by atoms with Gasteiger partial charge in [0.2, 0.25) is 0 Å². The molecular weight excluding hydrogens is 224 g/mol. The van der Waals surface area contributed by atoms with Gasteiger partial charge in [-0.1, -0.05) is 11.6 Å². The first-order valence-electron chi connectivity index (χ1n) is 5.37. The number of ether oxygens (including phenoxy) is 1. The van der Waals surface area contributed by atoms with Crippen molar-refractivity contribution >= 4 is 23.0 Å². The quantitative estimate of drug-likeness (QED) is 0.780. The molecule has 0 spiro atoms. The number of nitrogen functional groups attached to an aromatic ring is 1. The zero-order valence-corrected chi connectivity index (χ0v) is 10.8. The third-order valence-corrected chi connectivity index (χ3v) is 2.55. The summed E-state index contributed by atoms with van der Waals surface area (Å²) in [5.41, 5.74) is 6.96. The van der Waals surface area contributed by atoms with Crippen molar-refractivity contribution in [3.8, 4) is 0 Å². The number of anilines is 2. The molecule has 0 radical (unpaired) electrons. The molecule has 0 aliphatic rings. The van der Waals surface area contributed by atoms with Crippen molar-refractivity contribution in [3.05, 3.63) is 23.2 Å². The molecule has 0 saturated carbocycles. The van der Waals surface area contributed by atoms with E-state index in [1.54, 1.807) is 6.07 Å². The van der Waals surface area contributed by atoms with Crippen LogP contribution in [0.25, 0.3) is 0 Å². The van der Waals surface area contributed by atoms with Gasteiger partial charge in [-0.15, -0.1) is 0 Å². The first kappa shape index (κ1) is 13.1. The lowest BCUT2D eigenvalue weighted by Gasteiger charge is -2.25. The topological polar surface area (TPSA) is 47.3 Å². The van der Waals surface area contributed by atoms with Crippen LogP contribution in [0.1, 0.15) is 20.8 Å². The molecule has 1 rings (SSSR count). The summed E-state index contributed by atoms with van der Waals surface area (Å²) in [5, 5.41) is 3.88. The fraction of sp³-hybridized carbons (Fsp3) is 0.500. The number of hydrogen-bond acceptors (Lipinski definition) is 3. The summed E-state index contributed by atoms with van der Waals surface area (Å²) >= 11 is 6.05. The molecule has 0 atom stereocenters. The molecule has 0 bridgehead atoms. The maximum absolute atomic E-state index is 6.05. The van der Waals surface area contributed by atoms with Crippen molar-refractivity contribution in [2.45, 2.75) is 26.4 Å². The van der Waals surface area contributed by atoms with E-state index in [0.29, 0.717) is 23.9 Å². The normalized spacial score (nSPS) is 11.5. The zero-order chi connectivity index (χ0) is 12.2. The molecule has 3 N–H and O–H groups in total. The van der Waals surface area contributed by atoms with E-state index in [-0.39, 0.29) is 5.60 Å². The van der Waals surface area contributed by atoms with E-state index in [0.717, 1.165) is 5.69 Å². The standard InChI is InChI=1S/C12H19ClN2O/c1-4-16-12(2,3)8-15-11-6-5-9(14)7-10(11)13/h5-7,15H,4,8,14H2,1-3H3. The number of nitrogens with one attached hydrogen (secondary N) is 1. The Kier molecular flexibility index (Phi) is 4.44. The Morgan fingerprint density at radius 1 is 1.44 bits per heavy atom. The van der Waals surface area contributed by atoms with Gasteiger partial charge in [-0.25, -0.2) is 0 Å². The first-order valence-corrected chi connectivity index (χ1v) is 5.75. The van der Waals surface area contributed by atoms with Crippen LogP contribution in [0.4, 0.5) is 11.4 Å². The third kappa shape index (κ3) is 3.91. The van der Waals surface area contributed by atoms with E-state index in [9.17, 15) is 0 Å². The molecule has 0 aliphatic carbocycles. The van der Waals surface area contributed by atoms with Crippen LogP contribution in [0.3, 0.4) is 0 Å². The molecule has 90 valence electrons. The molecule has 16 heavy (non-hydrogen) atoms. The minimum Gasteiger partial charge on any atom is -0.399 e. The fourth-order valence-corrected chi connectivity index (χ4v) is 1.68. The second-order valence-corrected chi connectivity index (χ2v) is 4.69. The minimum atomic E-state index is -0.209. The van der Waals surface area contributed by atoms with E-state index >= 15 is 0 Å². The predicted octanol–water partition coefficient (Wildman–Crippen LogP) is 3.15. The van der Waals surface area contributed by atoms with Gasteiger partial charge >= 0.3 is 0 Å². The average molecular weight is 243 g/mol. The van der Waals surface area contributed by atoms with Crippen LogP contribution in [0, 0.1) is 0 Å². The van der Waals surface area contributed by atoms with Crippen molar-refractivity contribution in [2.75, 3.05) is 24.2 Å².